The van der Waals surface area contributed by atoms with Crippen LogP contribution in [0, 0.1) is 0 Å². The van der Waals surface area contributed by atoms with Crippen LogP contribution in [0.5, 0.6) is 5.75 Å². The van der Waals surface area contributed by atoms with Gasteiger partial charge in [-0.1, -0.05) is 49.7 Å². The molecule has 0 saturated heterocycles. The van der Waals surface area contributed by atoms with Crippen molar-refractivity contribution in [2.75, 3.05) is 47.4 Å². The molecule has 2 aromatic rings. The van der Waals surface area contributed by atoms with Crippen LogP contribution in [0.15, 0.2) is 48.5 Å². The summed E-state index contributed by atoms with van der Waals surface area (Å²) in [5.41, 5.74) is 4.71. The van der Waals surface area contributed by atoms with Gasteiger partial charge in [-0.2, -0.15) is 0 Å². The average molecular weight is 434 g/mol. The predicted molar refractivity (Wildman–Crippen MR) is 139 cm³/mol. The maximum Gasteiger partial charge on any atom is 0.193 e. The normalized spacial score (nSPS) is 12.9. The standard InChI is InChI=1S/C27H39BN2O2/c1-7-20(3)26-19-23(32-18-17-30(6)16-15-29(4)5)13-14-25(26)27(31)24(8-2)21-9-11-22(28)12-10-21/h8-14,19-20H,7,15-18,28H2,1-6H3/b24-8-. The van der Waals surface area contributed by atoms with E-state index in [2.05, 4.69) is 58.7 Å². The topological polar surface area (TPSA) is 32.8 Å². The number of benzene rings is 2. The number of carbonyl (C=O) groups excluding carboxylic acids is 1. The molecule has 172 valence electrons. The smallest absolute Gasteiger partial charge is 0.193 e. The Kier molecular flexibility index (Phi) is 10.2. The number of hydrogen-bond donors (Lipinski definition) is 0. The summed E-state index contributed by atoms with van der Waals surface area (Å²) in [7, 11) is 8.34. The van der Waals surface area contributed by atoms with Crippen molar-refractivity contribution in [3.05, 3.63) is 65.2 Å². The zero-order valence-electron chi connectivity index (χ0n) is 20.9. The van der Waals surface area contributed by atoms with Gasteiger partial charge in [0, 0.05) is 30.8 Å². The fourth-order valence-electron chi connectivity index (χ4n) is 3.57. The molecule has 4 nitrogen and oxygen atoms in total. The van der Waals surface area contributed by atoms with Gasteiger partial charge >= 0.3 is 0 Å². The Balaban J connectivity index is 2.19. The SMILES string of the molecule is Bc1ccc(/C(=C/C)C(=O)c2ccc(OCCN(C)CCN(C)C)cc2C(C)CC)cc1. The van der Waals surface area contributed by atoms with E-state index in [0.29, 0.717) is 6.61 Å². The van der Waals surface area contributed by atoms with Gasteiger partial charge in [0.15, 0.2) is 5.78 Å². The first kappa shape index (κ1) is 25.9. The molecule has 0 bridgehead atoms. The average Bonchev–Trinajstić information content (AvgIpc) is 2.78. The molecular weight excluding hydrogens is 395 g/mol. The molecule has 32 heavy (non-hydrogen) atoms. The Morgan fingerprint density at radius 2 is 1.75 bits per heavy atom. The number of likely N-dealkylation sites (N-methyl/N-ethyl adjacent to an activating group) is 2. The van der Waals surface area contributed by atoms with Crippen molar-refractivity contribution in [3.63, 3.8) is 0 Å². The van der Waals surface area contributed by atoms with Gasteiger partial charge in [0.25, 0.3) is 0 Å². The number of rotatable bonds is 12. The van der Waals surface area contributed by atoms with Crippen LogP contribution >= 0.6 is 0 Å². The van der Waals surface area contributed by atoms with Gasteiger partial charge in [0.05, 0.1) is 0 Å². The quantitative estimate of drug-likeness (QED) is 0.290. The fraction of sp³-hybridized carbons (Fsp3) is 0.444. The number of ether oxygens (including phenoxy) is 1. The first-order chi connectivity index (χ1) is 15.3. The zero-order chi connectivity index (χ0) is 23.7. The molecular formula is C27H39BN2O2. The van der Waals surface area contributed by atoms with E-state index in [9.17, 15) is 4.79 Å². The molecule has 0 heterocycles. The number of hydrogen-bond acceptors (Lipinski definition) is 4. The molecule has 0 aliphatic heterocycles. The van der Waals surface area contributed by atoms with Crippen molar-refractivity contribution in [1.29, 1.82) is 0 Å². The van der Waals surface area contributed by atoms with E-state index in [1.54, 1.807) is 0 Å². The molecule has 1 unspecified atom stereocenters. The van der Waals surface area contributed by atoms with Crippen LogP contribution in [0.3, 0.4) is 0 Å². The molecule has 0 aromatic heterocycles. The Bertz CT molecular complexity index is 906. The van der Waals surface area contributed by atoms with E-state index < -0.39 is 0 Å². The van der Waals surface area contributed by atoms with Gasteiger partial charge in [-0.15, -0.1) is 0 Å². The summed E-state index contributed by atoms with van der Waals surface area (Å²) in [6.45, 7) is 9.78. The lowest BCUT2D eigenvalue weighted by atomic mass is 9.86. The third kappa shape index (κ3) is 7.35. The second-order valence-corrected chi connectivity index (χ2v) is 8.91. The molecule has 0 fully saturated rings. The number of Topliss-reactive ketones (excluding diaryl/α,β-unsaturated/α-hetero) is 1. The van der Waals surface area contributed by atoms with Crippen LogP contribution in [0.1, 0.15) is 54.6 Å². The minimum atomic E-state index is 0.0709. The lowest BCUT2D eigenvalue weighted by Crippen LogP contribution is -2.31. The minimum Gasteiger partial charge on any atom is -0.492 e. The van der Waals surface area contributed by atoms with Crippen LogP contribution < -0.4 is 10.2 Å². The predicted octanol–water partition coefficient (Wildman–Crippen LogP) is 3.62. The van der Waals surface area contributed by atoms with Crippen molar-refractivity contribution in [2.45, 2.75) is 33.1 Å². The molecule has 0 amide bonds. The number of ketones is 1. The van der Waals surface area contributed by atoms with Crippen LogP contribution in [0.2, 0.25) is 0 Å². The van der Waals surface area contributed by atoms with Crippen LogP contribution in [0.25, 0.3) is 5.57 Å². The molecule has 2 rings (SSSR count). The maximum atomic E-state index is 13.5. The lowest BCUT2D eigenvalue weighted by Gasteiger charge is -2.20. The van der Waals surface area contributed by atoms with E-state index in [1.807, 2.05) is 49.4 Å². The molecule has 5 heteroatoms. The highest BCUT2D eigenvalue weighted by atomic mass is 16.5. The molecule has 0 N–H and O–H groups in total. The first-order valence-electron chi connectivity index (χ1n) is 11.6. The van der Waals surface area contributed by atoms with Gasteiger partial charge in [0.2, 0.25) is 0 Å². The summed E-state index contributed by atoms with van der Waals surface area (Å²) in [6.07, 6.45) is 2.88. The summed E-state index contributed by atoms with van der Waals surface area (Å²) in [5.74, 6) is 1.17. The van der Waals surface area contributed by atoms with Crippen molar-refractivity contribution >= 4 is 24.7 Å². The second-order valence-electron chi connectivity index (χ2n) is 8.91. The molecule has 0 saturated carbocycles. The van der Waals surface area contributed by atoms with Crippen molar-refractivity contribution < 1.29 is 9.53 Å². The van der Waals surface area contributed by atoms with Crippen LogP contribution in [-0.4, -0.2) is 70.8 Å². The zero-order valence-corrected chi connectivity index (χ0v) is 20.9. The minimum absolute atomic E-state index is 0.0709. The molecule has 1 atom stereocenters. The van der Waals surface area contributed by atoms with Gasteiger partial charge in [0.1, 0.15) is 20.2 Å². The monoisotopic (exact) mass is 434 g/mol. The van der Waals surface area contributed by atoms with Crippen molar-refractivity contribution in [1.82, 2.24) is 9.80 Å². The Labute approximate surface area is 195 Å². The summed E-state index contributed by atoms with van der Waals surface area (Å²) in [4.78, 5) is 18.0. The summed E-state index contributed by atoms with van der Waals surface area (Å²) >= 11 is 0. The third-order valence-corrected chi connectivity index (χ3v) is 5.98. The summed E-state index contributed by atoms with van der Waals surface area (Å²) in [6, 6.07) is 14.1. The maximum absolute atomic E-state index is 13.5. The van der Waals surface area contributed by atoms with E-state index in [1.165, 1.54) is 5.46 Å². The number of nitrogens with zero attached hydrogens (tertiary/aromatic N) is 2. The Hall–Kier alpha value is -2.37. The van der Waals surface area contributed by atoms with E-state index in [4.69, 9.17) is 4.74 Å². The summed E-state index contributed by atoms with van der Waals surface area (Å²) in [5, 5.41) is 0. The van der Waals surface area contributed by atoms with Crippen LogP contribution in [-0.2, 0) is 0 Å². The second kappa shape index (κ2) is 12.6. The molecule has 0 radical (unpaired) electrons. The highest BCUT2D eigenvalue weighted by Gasteiger charge is 2.20. The number of allylic oxidation sites excluding steroid dienone is 2. The highest BCUT2D eigenvalue weighted by molar-refractivity contribution is 6.33. The molecule has 0 aliphatic rings. The van der Waals surface area contributed by atoms with Gasteiger partial charge in [-0.25, -0.2) is 0 Å². The lowest BCUT2D eigenvalue weighted by molar-refractivity contribution is 0.105. The first-order valence-corrected chi connectivity index (χ1v) is 11.6. The fourth-order valence-corrected chi connectivity index (χ4v) is 3.57. The third-order valence-electron chi connectivity index (χ3n) is 5.98. The molecule has 2 aromatic carbocycles. The van der Waals surface area contributed by atoms with E-state index in [0.717, 1.165) is 54.1 Å². The van der Waals surface area contributed by atoms with E-state index in [-0.39, 0.29) is 11.7 Å². The van der Waals surface area contributed by atoms with Gasteiger partial charge < -0.3 is 14.5 Å². The number of carbonyl (C=O) groups is 1. The Morgan fingerprint density at radius 3 is 2.34 bits per heavy atom. The Morgan fingerprint density at radius 1 is 1.06 bits per heavy atom. The van der Waals surface area contributed by atoms with Crippen LogP contribution in [0.4, 0.5) is 0 Å². The largest absolute Gasteiger partial charge is 0.492 e. The highest BCUT2D eigenvalue weighted by Crippen LogP contribution is 2.30. The van der Waals surface area contributed by atoms with Gasteiger partial charge in [-0.3, -0.25) is 4.79 Å². The van der Waals surface area contributed by atoms with E-state index >= 15 is 0 Å². The van der Waals surface area contributed by atoms with Crippen molar-refractivity contribution in [3.8, 4) is 5.75 Å². The summed E-state index contributed by atoms with van der Waals surface area (Å²) < 4.78 is 6.06. The van der Waals surface area contributed by atoms with Gasteiger partial charge in [-0.05, 0) is 69.7 Å². The molecule has 0 aliphatic carbocycles. The molecule has 0 spiro atoms. The van der Waals surface area contributed by atoms with Crippen molar-refractivity contribution in [2.24, 2.45) is 0 Å².